The van der Waals surface area contributed by atoms with E-state index < -0.39 is 26.7 Å². The summed E-state index contributed by atoms with van der Waals surface area (Å²) >= 11 is 1.81. The minimum absolute atomic E-state index is 0.00421. The van der Waals surface area contributed by atoms with Gasteiger partial charge < -0.3 is 24.5 Å². The van der Waals surface area contributed by atoms with Gasteiger partial charge in [-0.25, -0.2) is 8.42 Å². The van der Waals surface area contributed by atoms with E-state index in [1.54, 1.807) is 6.07 Å². The number of esters is 1. The fraction of sp³-hybridized carbons (Fsp3) is 0.371. The van der Waals surface area contributed by atoms with Crippen LogP contribution in [0.25, 0.3) is 0 Å². The highest BCUT2D eigenvalue weighted by Crippen LogP contribution is 2.47. The number of para-hydroxylation sites is 2. The Balaban J connectivity index is 0.846. The number of sulfone groups is 1. The van der Waals surface area contributed by atoms with Crippen molar-refractivity contribution >= 4 is 44.9 Å². The van der Waals surface area contributed by atoms with Crippen molar-refractivity contribution < 1.29 is 37.0 Å². The molecule has 0 saturated carbocycles. The van der Waals surface area contributed by atoms with Crippen LogP contribution in [0.4, 0.5) is 11.4 Å². The summed E-state index contributed by atoms with van der Waals surface area (Å²) in [5.41, 5.74) is 2.49. The number of nitrogens with zero attached hydrogens (tertiary/aromatic N) is 5. The van der Waals surface area contributed by atoms with Crippen molar-refractivity contribution in [3.05, 3.63) is 84.1 Å². The van der Waals surface area contributed by atoms with Crippen LogP contribution in [0, 0.1) is 5.21 Å². The number of fused-ring (bicyclic) bond motifs is 2. The highest BCUT2D eigenvalue weighted by molar-refractivity contribution is 7.99. The van der Waals surface area contributed by atoms with Gasteiger partial charge in [-0.1, -0.05) is 54.2 Å². The molecule has 1 aromatic heterocycles. The number of hydrogen-bond donors (Lipinski definition) is 0. The summed E-state index contributed by atoms with van der Waals surface area (Å²) in [6.45, 7) is 4.83. The molecule has 0 radical (unpaired) electrons. The SMILES string of the molecule is O=C(CCC(=O)N1CCN(CCCN2c3ccccc3Sc3ccccc32)CC1)OCCCCOc1no[n+]([O-])c1S(=O)(=O)c1ccccc1. The van der Waals surface area contributed by atoms with Gasteiger partial charge in [0.1, 0.15) is 0 Å². The van der Waals surface area contributed by atoms with E-state index in [0.29, 0.717) is 25.9 Å². The Morgan fingerprint density at radius 2 is 1.46 bits per heavy atom. The van der Waals surface area contributed by atoms with Crippen molar-refractivity contribution in [2.45, 2.75) is 51.8 Å². The lowest BCUT2D eigenvalue weighted by Gasteiger charge is -2.36. The van der Waals surface area contributed by atoms with Gasteiger partial charge in [-0.05, 0) is 67.1 Å². The number of rotatable bonds is 15. The Bertz CT molecular complexity index is 1840. The largest absolute Gasteiger partial charge is 0.466 e. The van der Waals surface area contributed by atoms with Crippen LogP contribution in [0.15, 0.2) is 103 Å². The molecule has 2 aliphatic rings. The highest BCUT2D eigenvalue weighted by Gasteiger charge is 2.35. The Kier molecular flexibility index (Phi) is 11.6. The first kappa shape index (κ1) is 35.2. The molecule has 0 aliphatic carbocycles. The van der Waals surface area contributed by atoms with E-state index in [-0.39, 0.29) is 41.8 Å². The van der Waals surface area contributed by atoms with Crippen molar-refractivity contribution in [2.75, 3.05) is 57.4 Å². The number of aromatic nitrogens is 2. The second-order valence-corrected chi connectivity index (χ2v) is 14.8. The van der Waals surface area contributed by atoms with Crippen molar-refractivity contribution in [3.8, 4) is 5.88 Å². The Morgan fingerprint density at radius 1 is 0.820 bits per heavy atom. The molecule has 1 fully saturated rings. The number of anilines is 2. The van der Waals surface area contributed by atoms with Crippen LogP contribution in [-0.2, 0) is 24.2 Å². The van der Waals surface area contributed by atoms with Crippen molar-refractivity contribution in [1.29, 1.82) is 0 Å². The second kappa shape index (κ2) is 16.4. The first-order chi connectivity index (χ1) is 24.3. The van der Waals surface area contributed by atoms with E-state index >= 15 is 0 Å². The molecule has 3 heterocycles. The maximum atomic E-state index is 12.8. The zero-order chi connectivity index (χ0) is 34.9. The van der Waals surface area contributed by atoms with E-state index in [0.717, 1.165) is 32.6 Å². The lowest BCUT2D eigenvalue weighted by molar-refractivity contribution is -0.832. The predicted octanol–water partition coefficient (Wildman–Crippen LogP) is 4.46. The molecule has 13 nitrogen and oxygen atoms in total. The van der Waals surface area contributed by atoms with Crippen LogP contribution in [0.1, 0.15) is 32.1 Å². The van der Waals surface area contributed by atoms with Gasteiger partial charge in [0.2, 0.25) is 5.91 Å². The number of ether oxygens (including phenoxy) is 2. The third-order valence-corrected chi connectivity index (χ3v) is 11.4. The number of amides is 1. The topological polar surface area (TPSA) is 149 Å². The van der Waals surface area contributed by atoms with Gasteiger partial charge >= 0.3 is 16.9 Å². The fourth-order valence-electron chi connectivity index (χ4n) is 5.93. The molecule has 0 bridgehead atoms. The summed E-state index contributed by atoms with van der Waals surface area (Å²) in [5, 5.41) is 14.7. The zero-order valence-electron chi connectivity index (χ0n) is 27.5. The molecular formula is C35H39N5O8S2. The Hall–Kier alpha value is -4.60. The zero-order valence-corrected chi connectivity index (χ0v) is 29.1. The normalized spacial score (nSPS) is 14.6. The average Bonchev–Trinajstić information content (AvgIpc) is 3.52. The Labute approximate surface area is 295 Å². The van der Waals surface area contributed by atoms with Gasteiger partial charge in [0, 0.05) is 48.9 Å². The number of carbonyl (C=O) groups excluding carboxylic acids is 2. The van der Waals surface area contributed by atoms with Gasteiger partial charge in [-0.3, -0.25) is 19.1 Å². The van der Waals surface area contributed by atoms with Crippen molar-refractivity contribution in [1.82, 2.24) is 15.0 Å². The van der Waals surface area contributed by atoms with Crippen LogP contribution >= 0.6 is 11.8 Å². The van der Waals surface area contributed by atoms with Crippen molar-refractivity contribution in [3.63, 3.8) is 0 Å². The highest BCUT2D eigenvalue weighted by atomic mass is 32.2. The van der Waals surface area contributed by atoms with Gasteiger partial charge in [0.05, 0.1) is 41.1 Å². The van der Waals surface area contributed by atoms with Crippen LogP contribution in [-0.4, -0.2) is 87.7 Å². The molecule has 0 spiro atoms. The van der Waals surface area contributed by atoms with Crippen molar-refractivity contribution in [2.24, 2.45) is 0 Å². The standard InChI is InChI=1S/C35H39N5O8S2/c41-32(17-18-33(42)46-25-8-9-26-47-34-35(40(43)48-36-34)50(44,45)27-11-2-1-3-12-27)38-23-21-37(22-24-38)19-10-20-39-28-13-4-6-15-30(28)49-31-16-7-5-14-29(31)39/h1-7,11-16H,8-10,17-26H2. The first-order valence-electron chi connectivity index (χ1n) is 16.6. The molecular weight excluding hydrogens is 683 g/mol. The maximum absolute atomic E-state index is 12.8. The van der Waals surface area contributed by atoms with E-state index in [2.05, 4.69) is 68.1 Å². The molecule has 50 heavy (non-hydrogen) atoms. The number of unbranched alkanes of at least 4 members (excludes halogenated alkanes) is 1. The summed E-state index contributed by atoms with van der Waals surface area (Å²) in [4.78, 5) is 33.9. The smallest absolute Gasteiger partial charge is 0.414 e. The summed E-state index contributed by atoms with van der Waals surface area (Å²) in [6, 6.07) is 24.5. The third kappa shape index (κ3) is 8.40. The molecule has 15 heteroatoms. The molecule has 6 rings (SSSR count). The number of hydrogen-bond acceptors (Lipinski definition) is 12. The minimum Gasteiger partial charge on any atom is -0.466 e. The summed E-state index contributed by atoms with van der Waals surface area (Å²) in [5.74, 6) is -0.954. The summed E-state index contributed by atoms with van der Waals surface area (Å²) in [6.07, 6.45) is 1.90. The number of benzene rings is 3. The quantitative estimate of drug-likeness (QED) is 0.0969. The molecule has 264 valence electrons. The molecule has 3 aromatic carbocycles. The number of piperazine rings is 1. The minimum atomic E-state index is -4.20. The van der Waals surface area contributed by atoms with Gasteiger partial charge in [-0.2, -0.15) is 0 Å². The lowest BCUT2D eigenvalue weighted by Crippen LogP contribution is -2.49. The van der Waals surface area contributed by atoms with Gasteiger partial charge in [0.25, 0.3) is 9.84 Å². The molecule has 1 saturated heterocycles. The fourth-order valence-corrected chi connectivity index (χ4v) is 8.32. The Morgan fingerprint density at radius 3 is 2.16 bits per heavy atom. The second-order valence-electron chi connectivity index (χ2n) is 11.9. The predicted molar refractivity (Wildman–Crippen MR) is 184 cm³/mol. The van der Waals surface area contributed by atoms with E-state index in [9.17, 15) is 23.2 Å². The average molecular weight is 722 g/mol. The lowest BCUT2D eigenvalue weighted by atomic mass is 10.2. The van der Waals surface area contributed by atoms with Crippen LogP contribution < -0.4 is 14.5 Å². The first-order valence-corrected chi connectivity index (χ1v) is 18.9. The molecule has 0 atom stereocenters. The summed E-state index contributed by atoms with van der Waals surface area (Å²) in [7, 11) is -4.20. The third-order valence-electron chi connectivity index (χ3n) is 8.55. The maximum Gasteiger partial charge on any atom is 0.414 e. The number of carbonyl (C=O) groups is 2. The molecule has 0 N–H and O–H groups in total. The van der Waals surface area contributed by atoms with Gasteiger partial charge in [-0.15, -0.1) is 0 Å². The molecule has 2 aliphatic heterocycles. The van der Waals surface area contributed by atoms with E-state index in [1.165, 1.54) is 45.4 Å². The molecule has 1 amide bonds. The van der Waals surface area contributed by atoms with E-state index in [4.69, 9.17) is 9.47 Å². The van der Waals surface area contributed by atoms with E-state index in [1.807, 2.05) is 16.7 Å². The van der Waals surface area contributed by atoms with Crippen LogP contribution in [0.3, 0.4) is 0 Å². The van der Waals surface area contributed by atoms with Crippen LogP contribution in [0.2, 0.25) is 0 Å². The molecule has 4 aromatic rings. The van der Waals surface area contributed by atoms with Gasteiger partial charge in [0.15, 0.2) is 0 Å². The summed E-state index contributed by atoms with van der Waals surface area (Å²) < 4.78 is 40.8. The van der Waals surface area contributed by atoms with Crippen LogP contribution in [0.5, 0.6) is 5.88 Å². The molecule has 0 unspecified atom stereocenters. The monoisotopic (exact) mass is 721 g/mol.